The molecule has 4 nitrogen and oxygen atoms in total. The van der Waals surface area contributed by atoms with E-state index in [4.69, 9.17) is 42.0 Å². The Morgan fingerprint density at radius 1 is 0.739 bits per heavy atom. The molecule has 121 valence electrons. The quantitative estimate of drug-likeness (QED) is 0.640. The Hall–Kier alpha value is -1.72. The zero-order chi connectivity index (χ0) is 16.7. The summed E-state index contributed by atoms with van der Waals surface area (Å²) in [6, 6.07) is 10.2. The van der Waals surface area contributed by atoms with Crippen LogP contribution in [0.2, 0.25) is 10.0 Å². The number of benzene rings is 2. The average Bonchev–Trinajstić information content (AvgIpc) is 2.52. The van der Waals surface area contributed by atoms with E-state index in [1.165, 1.54) is 7.69 Å². The Labute approximate surface area is 146 Å². The zero-order valence-electron chi connectivity index (χ0n) is 12.8. The molecule has 0 aliphatic carbocycles. The summed E-state index contributed by atoms with van der Waals surface area (Å²) in [5.74, 6) is 2.09. The lowest BCUT2D eigenvalue weighted by atomic mass is 10.2. The van der Waals surface area contributed by atoms with Crippen molar-refractivity contribution in [3.8, 4) is 23.0 Å². The number of rotatable bonds is 8. The van der Waals surface area contributed by atoms with Crippen LogP contribution in [0, 0.1) is 0 Å². The molecule has 2 aromatic rings. The zero-order valence-corrected chi connectivity index (χ0v) is 14.4. The molecule has 23 heavy (non-hydrogen) atoms. The lowest BCUT2D eigenvalue weighted by Gasteiger charge is -2.13. The van der Waals surface area contributed by atoms with Crippen molar-refractivity contribution in [3.63, 3.8) is 0 Å². The maximum atomic E-state index is 5.95. The molecule has 0 N–H and O–H groups in total. The first-order chi connectivity index (χ1) is 11.1. The van der Waals surface area contributed by atoms with E-state index in [1.54, 1.807) is 36.4 Å². The predicted octanol–water partition coefficient (Wildman–Crippen LogP) is 4.78. The highest BCUT2D eigenvalue weighted by atomic mass is 35.5. The first-order valence-corrected chi connectivity index (χ1v) is 7.89. The molecule has 0 amide bonds. The molecule has 2 rings (SSSR count). The first kappa shape index (κ1) is 17.6. The normalized spacial score (nSPS) is 10.1. The molecule has 2 aromatic carbocycles. The summed E-state index contributed by atoms with van der Waals surface area (Å²) in [5, 5.41) is 1.14. The molecule has 0 fully saturated rings. The Morgan fingerprint density at radius 2 is 1.17 bits per heavy atom. The van der Waals surface area contributed by atoms with Gasteiger partial charge in [0, 0.05) is 22.2 Å². The van der Waals surface area contributed by atoms with Crippen LogP contribution in [-0.4, -0.2) is 20.9 Å². The molecule has 0 atom stereocenters. The highest BCUT2D eigenvalue weighted by Gasteiger charge is 2.11. The van der Waals surface area contributed by atoms with Gasteiger partial charge in [-0.2, -0.15) is 0 Å². The molecule has 0 heterocycles. The van der Waals surface area contributed by atoms with Crippen LogP contribution in [0.15, 0.2) is 36.4 Å². The van der Waals surface area contributed by atoms with E-state index in [2.05, 4.69) is 0 Å². The van der Waals surface area contributed by atoms with Gasteiger partial charge in [0.25, 0.3) is 0 Å². The van der Waals surface area contributed by atoms with Crippen LogP contribution < -0.4 is 18.8 Å². The molecule has 0 aliphatic heterocycles. The minimum absolute atomic E-state index is 0.503. The number of hydrogen-bond donors (Lipinski definition) is 0. The minimum Gasteiger partial charge on any atom is -0.524 e. The van der Waals surface area contributed by atoms with Gasteiger partial charge >= 0.3 is 7.69 Å². The van der Waals surface area contributed by atoms with E-state index in [-0.39, 0.29) is 0 Å². The Balaban J connectivity index is 2.03. The van der Waals surface area contributed by atoms with Crippen molar-refractivity contribution in [2.75, 3.05) is 13.2 Å². The molecule has 0 spiro atoms. The first-order valence-electron chi connectivity index (χ1n) is 7.13. The molecular formula is C16H16BCl2O4. The van der Waals surface area contributed by atoms with E-state index < -0.39 is 0 Å². The van der Waals surface area contributed by atoms with Crippen LogP contribution in [0.1, 0.15) is 13.8 Å². The van der Waals surface area contributed by atoms with Gasteiger partial charge in [-0.1, -0.05) is 23.2 Å². The fourth-order valence-electron chi connectivity index (χ4n) is 1.82. The van der Waals surface area contributed by atoms with Gasteiger partial charge in [0.2, 0.25) is 0 Å². The van der Waals surface area contributed by atoms with E-state index >= 15 is 0 Å². The van der Waals surface area contributed by atoms with Crippen LogP contribution in [0.5, 0.6) is 23.0 Å². The van der Waals surface area contributed by atoms with Gasteiger partial charge in [-0.05, 0) is 38.1 Å². The van der Waals surface area contributed by atoms with Crippen molar-refractivity contribution < 1.29 is 18.8 Å². The molecule has 7 heteroatoms. The Morgan fingerprint density at radius 3 is 1.57 bits per heavy atom. The van der Waals surface area contributed by atoms with Gasteiger partial charge in [0.1, 0.15) is 11.5 Å². The van der Waals surface area contributed by atoms with Gasteiger partial charge < -0.3 is 18.8 Å². The topological polar surface area (TPSA) is 36.9 Å². The second-order valence-electron chi connectivity index (χ2n) is 4.38. The van der Waals surface area contributed by atoms with E-state index in [1.807, 2.05) is 13.8 Å². The molecule has 0 saturated carbocycles. The van der Waals surface area contributed by atoms with Crippen LogP contribution in [0.4, 0.5) is 0 Å². The van der Waals surface area contributed by atoms with Crippen molar-refractivity contribution in [2.24, 2.45) is 0 Å². The lowest BCUT2D eigenvalue weighted by Crippen LogP contribution is -2.12. The summed E-state index contributed by atoms with van der Waals surface area (Å²) in [6.07, 6.45) is 0. The molecule has 0 bridgehead atoms. The molecule has 0 unspecified atom stereocenters. The van der Waals surface area contributed by atoms with E-state index in [9.17, 15) is 0 Å². The van der Waals surface area contributed by atoms with Crippen molar-refractivity contribution in [2.45, 2.75) is 13.8 Å². The summed E-state index contributed by atoms with van der Waals surface area (Å²) in [4.78, 5) is 0. The summed E-state index contributed by atoms with van der Waals surface area (Å²) in [5.41, 5.74) is 0. The van der Waals surface area contributed by atoms with Gasteiger partial charge in [0.15, 0.2) is 11.5 Å². The monoisotopic (exact) mass is 353 g/mol. The van der Waals surface area contributed by atoms with Gasteiger partial charge in [-0.15, -0.1) is 0 Å². The predicted molar refractivity (Wildman–Crippen MR) is 92.3 cm³/mol. The fourth-order valence-corrected chi connectivity index (χ4v) is 2.15. The molecule has 0 saturated heterocycles. The summed E-state index contributed by atoms with van der Waals surface area (Å²) < 4.78 is 21.9. The minimum atomic E-state index is 0.503. The average molecular weight is 354 g/mol. The highest BCUT2D eigenvalue weighted by Crippen LogP contribution is 2.32. The van der Waals surface area contributed by atoms with Crippen LogP contribution in [0.25, 0.3) is 0 Å². The van der Waals surface area contributed by atoms with Gasteiger partial charge in [0.05, 0.1) is 13.2 Å². The number of halogens is 2. The second kappa shape index (κ2) is 8.80. The third-order valence-electron chi connectivity index (χ3n) is 2.76. The summed E-state index contributed by atoms with van der Waals surface area (Å²) in [6.45, 7) is 4.77. The van der Waals surface area contributed by atoms with Crippen molar-refractivity contribution in [1.82, 2.24) is 0 Å². The number of ether oxygens (including phenoxy) is 2. The van der Waals surface area contributed by atoms with Crippen LogP contribution >= 0.6 is 23.2 Å². The van der Waals surface area contributed by atoms with Crippen molar-refractivity contribution in [1.29, 1.82) is 0 Å². The second-order valence-corrected chi connectivity index (χ2v) is 5.25. The Bertz CT molecular complexity index is 596. The lowest BCUT2D eigenvalue weighted by molar-refractivity contribution is 0.317. The van der Waals surface area contributed by atoms with Crippen molar-refractivity contribution in [3.05, 3.63) is 46.4 Å². The van der Waals surface area contributed by atoms with Crippen molar-refractivity contribution >= 4 is 30.9 Å². The fraction of sp³-hybridized carbons (Fsp3) is 0.250. The van der Waals surface area contributed by atoms with E-state index in [0.717, 1.165) is 0 Å². The van der Waals surface area contributed by atoms with Crippen LogP contribution in [-0.2, 0) is 0 Å². The largest absolute Gasteiger partial charge is 0.658 e. The molecule has 0 aromatic heterocycles. The van der Waals surface area contributed by atoms with E-state index in [0.29, 0.717) is 46.3 Å². The van der Waals surface area contributed by atoms with Crippen LogP contribution in [0.3, 0.4) is 0 Å². The number of hydrogen-bond acceptors (Lipinski definition) is 4. The maximum Gasteiger partial charge on any atom is 0.658 e. The SMILES string of the molecule is CCOc1cc(Cl)ccc1O[B]Oc1ccc(Cl)cc1OCC. The third-order valence-corrected chi connectivity index (χ3v) is 3.23. The summed E-state index contributed by atoms with van der Waals surface area (Å²) in [7, 11) is 1.21. The van der Waals surface area contributed by atoms with Gasteiger partial charge in [-0.3, -0.25) is 0 Å². The standard InChI is InChI=1S/C16H16BCl2O4/c1-3-20-15-9-11(18)5-7-13(15)22-17-23-14-8-6-12(19)10-16(14)21-4-2/h5-10H,3-4H2,1-2H3. The van der Waals surface area contributed by atoms with Gasteiger partial charge in [-0.25, -0.2) is 0 Å². The smallest absolute Gasteiger partial charge is 0.524 e. The molecule has 0 aliphatic rings. The summed E-state index contributed by atoms with van der Waals surface area (Å²) >= 11 is 11.9. The maximum absolute atomic E-state index is 5.95. The third kappa shape index (κ3) is 5.15. The molecule has 1 radical (unpaired) electrons. The Kier molecular flexibility index (Phi) is 6.75. The molecular weight excluding hydrogens is 338 g/mol. The highest BCUT2D eigenvalue weighted by molar-refractivity contribution is 6.31.